The van der Waals surface area contributed by atoms with E-state index in [0.717, 1.165) is 12.1 Å². The third-order valence-corrected chi connectivity index (χ3v) is 4.65. The lowest BCUT2D eigenvalue weighted by Crippen LogP contribution is -2.24. The summed E-state index contributed by atoms with van der Waals surface area (Å²) >= 11 is 0. The fraction of sp³-hybridized carbons (Fsp3) is 0.136. The van der Waals surface area contributed by atoms with Crippen molar-refractivity contribution in [2.24, 2.45) is 0 Å². The number of phenols is 2. The van der Waals surface area contributed by atoms with Crippen molar-refractivity contribution in [1.29, 1.82) is 0 Å². The standard InChI is InChI=1S/C22H18O6/c1-4-11-7-16(23)12(6-5-10(2)3)19-18(11)20(25)13-8-15(22(27)28)17(24)9-14(13)21(19)26/h5-9,23-24H,2,4H2,1,3H3,(H,27,28)/b6-5+. The highest BCUT2D eigenvalue weighted by Gasteiger charge is 2.35. The van der Waals surface area contributed by atoms with Gasteiger partial charge in [0.05, 0.1) is 0 Å². The van der Waals surface area contributed by atoms with Gasteiger partial charge >= 0.3 is 5.97 Å². The van der Waals surface area contributed by atoms with Gasteiger partial charge in [0.1, 0.15) is 17.1 Å². The molecule has 0 fully saturated rings. The Morgan fingerprint density at radius 2 is 1.64 bits per heavy atom. The summed E-state index contributed by atoms with van der Waals surface area (Å²) in [7, 11) is 0. The third kappa shape index (κ3) is 2.89. The predicted molar refractivity (Wildman–Crippen MR) is 103 cm³/mol. The number of hydrogen-bond donors (Lipinski definition) is 3. The Morgan fingerprint density at radius 1 is 1.04 bits per heavy atom. The maximum atomic E-state index is 13.2. The predicted octanol–water partition coefficient (Wildman–Crippen LogP) is 3.72. The number of fused-ring (bicyclic) bond motifs is 2. The first-order valence-corrected chi connectivity index (χ1v) is 8.59. The topological polar surface area (TPSA) is 112 Å². The maximum Gasteiger partial charge on any atom is 0.339 e. The lowest BCUT2D eigenvalue weighted by Gasteiger charge is -2.23. The first kappa shape index (κ1) is 19.1. The number of carbonyl (C=O) groups is 3. The molecule has 2 aromatic carbocycles. The summed E-state index contributed by atoms with van der Waals surface area (Å²) in [5.74, 6) is -3.24. The second-order valence-electron chi connectivity index (χ2n) is 6.63. The molecule has 0 atom stereocenters. The zero-order chi connectivity index (χ0) is 20.7. The van der Waals surface area contributed by atoms with Gasteiger partial charge in [-0.2, -0.15) is 0 Å². The van der Waals surface area contributed by atoms with Crippen LogP contribution >= 0.6 is 0 Å². The van der Waals surface area contributed by atoms with E-state index in [9.17, 15) is 29.7 Å². The molecule has 0 aromatic heterocycles. The highest BCUT2D eigenvalue weighted by Crippen LogP contribution is 2.39. The maximum absolute atomic E-state index is 13.2. The van der Waals surface area contributed by atoms with Crippen molar-refractivity contribution in [1.82, 2.24) is 0 Å². The van der Waals surface area contributed by atoms with Crippen molar-refractivity contribution in [2.45, 2.75) is 20.3 Å². The van der Waals surface area contributed by atoms with E-state index in [1.165, 1.54) is 12.1 Å². The van der Waals surface area contributed by atoms with Crippen LogP contribution in [0.4, 0.5) is 0 Å². The quantitative estimate of drug-likeness (QED) is 0.597. The number of phenolic OH excluding ortho intramolecular Hbond substituents is 1. The van der Waals surface area contributed by atoms with Crippen LogP contribution in [0, 0.1) is 0 Å². The number of carboxylic acids is 1. The molecule has 3 N–H and O–H groups in total. The molecule has 0 radical (unpaired) electrons. The molecule has 0 amide bonds. The van der Waals surface area contributed by atoms with Crippen LogP contribution in [-0.2, 0) is 6.42 Å². The largest absolute Gasteiger partial charge is 0.507 e. The molecular weight excluding hydrogens is 360 g/mol. The van der Waals surface area contributed by atoms with Crippen molar-refractivity contribution >= 4 is 23.6 Å². The molecule has 0 saturated carbocycles. The van der Waals surface area contributed by atoms with Gasteiger partial charge in [-0.25, -0.2) is 4.79 Å². The van der Waals surface area contributed by atoms with E-state index in [2.05, 4.69) is 6.58 Å². The zero-order valence-corrected chi connectivity index (χ0v) is 15.4. The number of carbonyl (C=O) groups excluding carboxylic acids is 2. The number of aromatic hydroxyl groups is 2. The van der Waals surface area contributed by atoms with Crippen LogP contribution in [0.15, 0.2) is 36.4 Å². The van der Waals surface area contributed by atoms with Gasteiger partial charge in [0, 0.05) is 27.8 Å². The van der Waals surface area contributed by atoms with Crippen LogP contribution < -0.4 is 0 Å². The van der Waals surface area contributed by atoms with Gasteiger partial charge in [0.2, 0.25) is 0 Å². The smallest absolute Gasteiger partial charge is 0.339 e. The van der Waals surface area contributed by atoms with E-state index in [4.69, 9.17) is 0 Å². The highest BCUT2D eigenvalue weighted by atomic mass is 16.4. The molecule has 142 valence electrons. The van der Waals surface area contributed by atoms with E-state index in [1.807, 2.05) is 0 Å². The van der Waals surface area contributed by atoms with Gasteiger partial charge in [-0.15, -0.1) is 0 Å². The molecule has 1 aliphatic rings. The fourth-order valence-electron chi connectivity index (χ4n) is 3.31. The SMILES string of the molecule is C=C(C)/C=C/c1c(O)cc(CC)c2c1C(=O)c1cc(O)c(C(=O)O)cc1C2=O. The summed E-state index contributed by atoms with van der Waals surface area (Å²) in [5.41, 5.74) is 0.889. The average Bonchev–Trinajstić information content (AvgIpc) is 2.63. The van der Waals surface area contributed by atoms with E-state index in [0.29, 0.717) is 17.6 Å². The summed E-state index contributed by atoms with van der Waals surface area (Å²) < 4.78 is 0. The number of allylic oxidation sites excluding steroid dienone is 2. The average molecular weight is 378 g/mol. The molecule has 0 saturated heterocycles. The van der Waals surface area contributed by atoms with Crippen LogP contribution in [0.1, 0.15) is 67.2 Å². The Morgan fingerprint density at radius 3 is 2.21 bits per heavy atom. The second-order valence-corrected chi connectivity index (χ2v) is 6.63. The van der Waals surface area contributed by atoms with Gasteiger partial charge in [0.25, 0.3) is 0 Å². The van der Waals surface area contributed by atoms with Crippen molar-refractivity contribution in [3.63, 3.8) is 0 Å². The van der Waals surface area contributed by atoms with Gasteiger partial charge in [0.15, 0.2) is 11.6 Å². The zero-order valence-electron chi connectivity index (χ0n) is 15.4. The van der Waals surface area contributed by atoms with Crippen LogP contribution in [0.5, 0.6) is 11.5 Å². The molecule has 0 aliphatic heterocycles. The van der Waals surface area contributed by atoms with Gasteiger partial charge in [-0.3, -0.25) is 9.59 Å². The number of aromatic carboxylic acids is 1. The molecule has 2 aromatic rings. The van der Waals surface area contributed by atoms with Crippen LogP contribution in [-0.4, -0.2) is 32.9 Å². The Labute approximate surface area is 161 Å². The number of benzene rings is 2. The number of carboxylic acid groups (broad SMARTS) is 1. The van der Waals surface area contributed by atoms with E-state index in [1.54, 1.807) is 19.9 Å². The fourth-order valence-corrected chi connectivity index (χ4v) is 3.31. The molecule has 3 rings (SSSR count). The van der Waals surface area contributed by atoms with Crippen LogP contribution in [0.3, 0.4) is 0 Å². The minimum Gasteiger partial charge on any atom is -0.507 e. The minimum absolute atomic E-state index is 0.0364. The molecule has 1 aliphatic carbocycles. The van der Waals surface area contributed by atoms with Crippen molar-refractivity contribution in [2.75, 3.05) is 0 Å². The Hall–Kier alpha value is -3.67. The van der Waals surface area contributed by atoms with E-state index >= 15 is 0 Å². The number of rotatable bonds is 4. The molecule has 6 nitrogen and oxygen atoms in total. The summed E-state index contributed by atoms with van der Waals surface area (Å²) in [4.78, 5) is 37.7. The molecule has 28 heavy (non-hydrogen) atoms. The van der Waals surface area contributed by atoms with E-state index in [-0.39, 0.29) is 33.6 Å². The summed E-state index contributed by atoms with van der Waals surface area (Å²) in [6, 6.07) is 3.45. The Kier molecular flexibility index (Phi) is 4.65. The van der Waals surface area contributed by atoms with Gasteiger partial charge < -0.3 is 15.3 Å². The monoisotopic (exact) mass is 378 g/mol. The number of aryl methyl sites for hydroxylation is 1. The number of hydrogen-bond acceptors (Lipinski definition) is 5. The molecular formula is C22H18O6. The first-order chi connectivity index (χ1) is 13.2. The lowest BCUT2D eigenvalue weighted by atomic mass is 9.78. The summed E-state index contributed by atoms with van der Waals surface area (Å²) in [6.07, 6.45) is 3.51. The molecule has 6 heteroatoms. The van der Waals surface area contributed by atoms with Crippen LogP contribution in [0.25, 0.3) is 6.08 Å². The van der Waals surface area contributed by atoms with Gasteiger partial charge in [-0.05, 0) is 37.1 Å². The minimum atomic E-state index is -1.40. The molecule has 0 heterocycles. The molecule has 0 spiro atoms. The third-order valence-electron chi connectivity index (χ3n) is 4.65. The normalized spacial score (nSPS) is 12.8. The first-order valence-electron chi connectivity index (χ1n) is 8.59. The Bertz CT molecular complexity index is 1100. The van der Waals surface area contributed by atoms with E-state index < -0.39 is 28.8 Å². The van der Waals surface area contributed by atoms with Gasteiger partial charge in [-0.1, -0.05) is 31.2 Å². The summed E-state index contributed by atoms with van der Waals surface area (Å²) in [6.45, 7) is 7.27. The van der Waals surface area contributed by atoms with Crippen molar-refractivity contribution < 1.29 is 29.7 Å². The molecule has 0 unspecified atom stereocenters. The second kappa shape index (κ2) is 6.81. The Balaban J connectivity index is 2.38. The highest BCUT2D eigenvalue weighted by molar-refractivity contribution is 6.30. The van der Waals surface area contributed by atoms with Crippen LogP contribution in [0.2, 0.25) is 0 Å². The molecule has 0 bridgehead atoms. The van der Waals surface area contributed by atoms with Crippen molar-refractivity contribution in [3.05, 3.63) is 75.4 Å². The summed E-state index contributed by atoms with van der Waals surface area (Å²) in [5, 5.41) is 29.6. The lowest BCUT2D eigenvalue weighted by molar-refractivity contribution is 0.0693. The number of ketones is 2. The van der Waals surface area contributed by atoms with Crippen molar-refractivity contribution in [3.8, 4) is 11.5 Å².